The molecule has 0 aromatic heterocycles. The molecule has 1 saturated heterocycles. The van der Waals surface area contributed by atoms with Crippen LogP contribution in [0.2, 0.25) is 5.02 Å². The van der Waals surface area contributed by atoms with Crippen LogP contribution in [0.15, 0.2) is 18.2 Å². The van der Waals surface area contributed by atoms with Crippen LogP contribution in [0, 0.1) is 10.1 Å². The van der Waals surface area contributed by atoms with Crippen LogP contribution in [-0.4, -0.2) is 41.5 Å². The molecule has 1 aromatic rings. The maximum absolute atomic E-state index is 11.7. The zero-order valence-corrected chi connectivity index (χ0v) is 10.9. The summed E-state index contributed by atoms with van der Waals surface area (Å²) in [5.41, 5.74) is -0.337. The lowest BCUT2D eigenvalue weighted by molar-refractivity contribution is -0.385. The zero-order valence-electron chi connectivity index (χ0n) is 10.2. The van der Waals surface area contributed by atoms with Crippen molar-refractivity contribution in [1.82, 2.24) is 10.2 Å². The first-order chi connectivity index (χ1) is 9.49. The Kier molecular flexibility index (Phi) is 4.04. The fourth-order valence-electron chi connectivity index (χ4n) is 1.68. The summed E-state index contributed by atoms with van der Waals surface area (Å²) in [6.45, 7) is 0.172. The van der Waals surface area contributed by atoms with Gasteiger partial charge >= 0.3 is 11.7 Å². The second-order valence-electron chi connectivity index (χ2n) is 3.94. The van der Waals surface area contributed by atoms with Gasteiger partial charge in [0.05, 0.1) is 4.92 Å². The van der Waals surface area contributed by atoms with Crippen LogP contribution in [-0.2, 0) is 4.79 Å². The molecule has 1 aliphatic heterocycles. The fraction of sp³-hybridized carbons (Fsp3) is 0.273. The summed E-state index contributed by atoms with van der Waals surface area (Å²) in [5, 5.41) is 13.5. The van der Waals surface area contributed by atoms with Gasteiger partial charge in [-0.3, -0.25) is 19.8 Å². The number of nitro groups is 1. The third-order valence-electron chi connectivity index (χ3n) is 2.63. The summed E-state index contributed by atoms with van der Waals surface area (Å²) in [7, 11) is 0. The van der Waals surface area contributed by atoms with Crippen molar-refractivity contribution in [2.45, 2.75) is 0 Å². The molecule has 1 fully saturated rings. The zero-order chi connectivity index (χ0) is 14.7. The Morgan fingerprint density at radius 2 is 2.30 bits per heavy atom. The molecule has 20 heavy (non-hydrogen) atoms. The SMILES string of the molecule is O=C(COc1ccc(Cl)cc1[N+](=O)[O-])N1CCNC1=O. The summed E-state index contributed by atoms with van der Waals surface area (Å²) < 4.78 is 5.10. The molecular formula is C11H10ClN3O5. The van der Waals surface area contributed by atoms with Crippen molar-refractivity contribution in [3.63, 3.8) is 0 Å². The number of urea groups is 1. The number of carbonyl (C=O) groups is 2. The van der Waals surface area contributed by atoms with Gasteiger partial charge in [-0.15, -0.1) is 0 Å². The summed E-state index contributed by atoms with van der Waals surface area (Å²) >= 11 is 5.66. The van der Waals surface area contributed by atoms with Gasteiger partial charge in [0.15, 0.2) is 12.4 Å². The van der Waals surface area contributed by atoms with Crippen molar-refractivity contribution >= 4 is 29.2 Å². The van der Waals surface area contributed by atoms with Crippen LogP contribution in [0.4, 0.5) is 10.5 Å². The summed E-state index contributed by atoms with van der Waals surface area (Å²) in [6.07, 6.45) is 0. The van der Waals surface area contributed by atoms with Crippen molar-refractivity contribution in [2.24, 2.45) is 0 Å². The fourth-order valence-corrected chi connectivity index (χ4v) is 1.85. The Morgan fingerprint density at radius 3 is 2.90 bits per heavy atom. The summed E-state index contributed by atoms with van der Waals surface area (Å²) in [6, 6.07) is 3.35. The minimum Gasteiger partial charge on any atom is -0.477 e. The molecule has 106 valence electrons. The van der Waals surface area contributed by atoms with Crippen molar-refractivity contribution in [3.8, 4) is 5.75 Å². The number of hydrogen-bond acceptors (Lipinski definition) is 5. The molecule has 1 aromatic carbocycles. The van der Waals surface area contributed by atoms with Gasteiger partial charge in [0.1, 0.15) is 0 Å². The van der Waals surface area contributed by atoms with Crippen molar-refractivity contribution in [2.75, 3.05) is 19.7 Å². The summed E-state index contributed by atoms with van der Waals surface area (Å²) in [4.78, 5) is 34.1. The molecule has 1 aliphatic rings. The van der Waals surface area contributed by atoms with E-state index in [0.717, 1.165) is 11.0 Å². The number of halogens is 1. The predicted octanol–water partition coefficient (Wildman–Crippen LogP) is 1.18. The van der Waals surface area contributed by atoms with Crippen LogP contribution in [0.3, 0.4) is 0 Å². The number of nitro benzene ring substituents is 1. The van der Waals surface area contributed by atoms with Crippen LogP contribution < -0.4 is 10.1 Å². The largest absolute Gasteiger partial charge is 0.477 e. The van der Waals surface area contributed by atoms with E-state index in [9.17, 15) is 19.7 Å². The van der Waals surface area contributed by atoms with Crippen LogP contribution in [0.1, 0.15) is 0 Å². The first-order valence-electron chi connectivity index (χ1n) is 5.64. The molecule has 0 atom stereocenters. The molecule has 0 unspecified atom stereocenters. The Hall–Kier alpha value is -2.35. The number of imide groups is 1. The third-order valence-corrected chi connectivity index (χ3v) is 2.86. The van der Waals surface area contributed by atoms with E-state index in [4.69, 9.17) is 16.3 Å². The van der Waals surface area contributed by atoms with Crippen LogP contribution in [0.25, 0.3) is 0 Å². The van der Waals surface area contributed by atoms with Gasteiger partial charge in [-0.1, -0.05) is 11.6 Å². The maximum atomic E-state index is 11.7. The molecule has 0 bridgehead atoms. The Balaban J connectivity index is 2.05. The Labute approximate surface area is 118 Å². The molecule has 0 aliphatic carbocycles. The Bertz CT molecular complexity index is 577. The molecule has 9 heteroatoms. The highest BCUT2D eigenvalue weighted by Crippen LogP contribution is 2.29. The van der Waals surface area contributed by atoms with Gasteiger partial charge in [-0.25, -0.2) is 4.79 Å². The lowest BCUT2D eigenvalue weighted by Gasteiger charge is -2.12. The number of ether oxygens (including phenoxy) is 1. The van der Waals surface area contributed by atoms with Gasteiger partial charge in [-0.2, -0.15) is 0 Å². The summed E-state index contributed by atoms with van der Waals surface area (Å²) in [5.74, 6) is -0.642. The monoisotopic (exact) mass is 299 g/mol. The number of hydrogen-bond donors (Lipinski definition) is 1. The number of benzene rings is 1. The van der Waals surface area contributed by atoms with Gasteiger partial charge in [-0.05, 0) is 12.1 Å². The minimum absolute atomic E-state index is 0.0765. The smallest absolute Gasteiger partial charge is 0.324 e. The number of nitrogens with one attached hydrogen (secondary N) is 1. The normalized spacial score (nSPS) is 14.1. The van der Waals surface area contributed by atoms with E-state index >= 15 is 0 Å². The second kappa shape index (κ2) is 5.74. The predicted molar refractivity (Wildman–Crippen MR) is 68.7 cm³/mol. The molecule has 0 spiro atoms. The van der Waals surface area contributed by atoms with E-state index in [1.165, 1.54) is 12.1 Å². The molecule has 2 rings (SSSR count). The van der Waals surface area contributed by atoms with Gasteiger partial charge in [0.25, 0.3) is 5.91 Å². The number of rotatable bonds is 4. The topological polar surface area (TPSA) is 102 Å². The molecule has 1 heterocycles. The van der Waals surface area contributed by atoms with Crippen LogP contribution in [0.5, 0.6) is 5.75 Å². The number of nitrogens with zero attached hydrogens (tertiary/aromatic N) is 2. The van der Waals surface area contributed by atoms with Crippen LogP contribution >= 0.6 is 11.6 Å². The molecular weight excluding hydrogens is 290 g/mol. The van der Waals surface area contributed by atoms with Crippen molar-refractivity contribution in [3.05, 3.63) is 33.3 Å². The highest BCUT2D eigenvalue weighted by atomic mass is 35.5. The molecule has 1 N–H and O–H groups in total. The lowest BCUT2D eigenvalue weighted by atomic mass is 10.3. The van der Waals surface area contributed by atoms with Gasteiger partial charge in [0, 0.05) is 24.2 Å². The van der Waals surface area contributed by atoms with Gasteiger partial charge in [0.2, 0.25) is 0 Å². The number of carbonyl (C=O) groups excluding carboxylic acids is 2. The third kappa shape index (κ3) is 2.97. The molecule has 8 nitrogen and oxygen atoms in total. The van der Waals surface area contributed by atoms with E-state index in [2.05, 4.69) is 5.32 Å². The lowest BCUT2D eigenvalue weighted by Crippen LogP contribution is -2.37. The first-order valence-corrected chi connectivity index (χ1v) is 6.02. The van der Waals surface area contributed by atoms with E-state index in [1.807, 2.05) is 0 Å². The average Bonchev–Trinajstić information content (AvgIpc) is 2.83. The standard InChI is InChI=1S/C11H10ClN3O5/c12-7-1-2-9(8(5-7)15(18)19)20-6-10(16)14-4-3-13-11(14)17/h1-2,5H,3-4,6H2,(H,13,17). The molecule has 0 radical (unpaired) electrons. The molecule has 0 saturated carbocycles. The first kappa shape index (κ1) is 14.1. The van der Waals surface area contributed by atoms with Crippen molar-refractivity contribution in [1.29, 1.82) is 0 Å². The minimum atomic E-state index is -0.658. The second-order valence-corrected chi connectivity index (χ2v) is 4.37. The van der Waals surface area contributed by atoms with E-state index in [0.29, 0.717) is 6.54 Å². The Morgan fingerprint density at radius 1 is 1.55 bits per heavy atom. The maximum Gasteiger partial charge on any atom is 0.324 e. The van der Waals surface area contributed by atoms with E-state index in [-0.39, 0.29) is 23.0 Å². The highest BCUT2D eigenvalue weighted by molar-refractivity contribution is 6.30. The van der Waals surface area contributed by atoms with Gasteiger partial charge < -0.3 is 10.1 Å². The number of amides is 3. The highest BCUT2D eigenvalue weighted by Gasteiger charge is 2.27. The molecule has 3 amide bonds. The quantitative estimate of drug-likeness (QED) is 0.664. The van der Waals surface area contributed by atoms with Crippen molar-refractivity contribution < 1.29 is 19.2 Å². The average molecular weight is 300 g/mol. The van der Waals surface area contributed by atoms with E-state index in [1.54, 1.807) is 0 Å². The van der Waals surface area contributed by atoms with E-state index < -0.39 is 23.5 Å².